The van der Waals surface area contributed by atoms with Crippen LogP contribution in [0.15, 0.2) is 16.0 Å². The van der Waals surface area contributed by atoms with Gasteiger partial charge in [0.2, 0.25) is 0 Å². The Hall–Kier alpha value is -1.34. The number of rotatable bonds is 4. The molecular weight excluding hydrogens is 284 g/mol. The lowest BCUT2D eigenvalue weighted by molar-refractivity contribution is -0.141. The maximum absolute atomic E-state index is 12.5. The minimum absolute atomic E-state index is 0.270. The van der Waals surface area contributed by atoms with Crippen LogP contribution in [0.4, 0.5) is 0 Å². The Labute approximate surface area is 118 Å². The second-order valence-corrected chi connectivity index (χ2v) is 6.12. The number of hydrogen-bond donors (Lipinski definition) is 1. The van der Waals surface area contributed by atoms with Crippen LogP contribution in [0.2, 0.25) is 0 Å². The lowest BCUT2D eigenvalue weighted by Gasteiger charge is -2.16. The lowest BCUT2D eigenvalue weighted by Crippen LogP contribution is -2.31. The molecule has 0 bridgehead atoms. The van der Waals surface area contributed by atoms with Crippen LogP contribution in [-0.4, -0.2) is 26.9 Å². The molecule has 19 heavy (non-hydrogen) atoms. The van der Waals surface area contributed by atoms with Gasteiger partial charge in [-0.3, -0.25) is 9.36 Å². The Bertz CT molecular complexity index is 690. The molecule has 1 N–H and O–H groups in total. The van der Waals surface area contributed by atoms with Gasteiger partial charge in [0.05, 0.1) is 5.39 Å². The molecular formula is C12H14N2O3S2. The van der Waals surface area contributed by atoms with Crippen LogP contribution in [0.25, 0.3) is 10.2 Å². The molecule has 2 aromatic rings. The van der Waals surface area contributed by atoms with Crippen molar-refractivity contribution < 1.29 is 9.90 Å². The molecule has 1 atom stereocenters. The van der Waals surface area contributed by atoms with Gasteiger partial charge in [0.15, 0.2) is 5.16 Å². The summed E-state index contributed by atoms with van der Waals surface area (Å²) in [6.45, 7) is 3.65. The first-order valence-corrected chi connectivity index (χ1v) is 7.83. The second kappa shape index (κ2) is 5.34. The van der Waals surface area contributed by atoms with E-state index in [1.54, 1.807) is 19.2 Å². The van der Waals surface area contributed by atoms with Gasteiger partial charge in [0.25, 0.3) is 5.56 Å². The third kappa shape index (κ3) is 2.40. The van der Waals surface area contributed by atoms with Crippen molar-refractivity contribution in [1.82, 2.24) is 9.55 Å². The molecule has 0 radical (unpaired) electrons. The summed E-state index contributed by atoms with van der Waals surface area (Å²) in [5.41, 5.74) is -0.270. The summed E-state index contributed by atoms with van der Waals surface area (Å²) < 4.78 is 1.29. The Morgan fingerprint density at radius 3 is 2.84 bits per heavy atom. The molecule has 2 rings (SSSR count). The Morgan fingerprint density at radius 2 is 2.32 bits per heavy atom. The van der Waals surface area contributed by atoms with E-state index >= 15 is 0 Å². The average molecular weight is 298 g/mol. The normalized spacial score (nSPS) is 12.8. The van der Waals surface area contributed by atoms with Crippen molar-refractivity contribution in [3.05, 3.63) is 21.3 Å². The molecule has 0 fully saturated rings. The van der Waals surface area contributed by atoms with Crippen LogP contribution >= 0.6 is 23.1 Å². The Balaban J connectivity index is 2.81. The molecule has 1 unspecified atom stereocenters. The molecule has 0 aliphatic rings. The highest BCUT2D eigenvalue weighted by Crippen LogP contribution is 2.25. The molecule has 0 spiro atoms. The van der Waals surface area contributed by atoms with Gasteiger partial charge < -0.3 is 5.11 Å². The van der Waals surface area contributed by atoms with Gasteiger partial charge >= 0.3 is 5.97 Å². The van der Waals surface area contributed by atoms with Gasteiger partial charge in [-0.25, -0.2) is 9.78 Å². The van der Waals surface area contributed by atoms with Crippen molar-refractivity contribution in [3.8, 4) is 0 Å². The molecule has 102 valence electrons. The van der Waals surface area contributed by atoms with E-state index in [4.69, 9.17) is 0 Å². The van der Waals surface area contributed by atoms with E-state index in [9.17, 15) is 14.7 Å². The SMILES string of the molecule is CCC(C(=O)O)n1c(SC)nc2sc(C)cc2c1=O. The van der Waals surface area contributed by atoms with Crippen LogP contribution < -0.4 is 5.56 Å². The number of carboxylic acid groups (broad SMARTS) is 1. The summed E-state index contributed by atoms with van der Waals surface area (Å²) in [5.74, 6) is -1.01. The molecule has 2 heterocycles. The zero-order chi connectivity index (χ0) is 14.2. The van der Waals surface area contributed by atoms with Gasteiger partial charge in [-0.15, -0.1) is 11.3 Å². The fraction of sp³-hybridized carbons (Fsp3) is 0.417. The molecule has 0 aliphatic carbocycles. The van der Waals surface area contributed by atoms with Crippen molar-refractivity contribution in [1.29, 1.82) is 0 Å². The van der Waals surface area contributed by atoms with Gasteiger partial charge in [-0.2, -0.15) is 0 Å². The molecule has 0 saturated carbocycles. The predicted octanol–water partition coefficient (Wildman–Crippen LogP) is 2.52. The Morgan fingerprint density at radius 1 is 1.63 bits per heavy atom. The number of nitrogens with zero attached hydrogens (tertiary/aromatic N) is 2. The number of aliphatic carboxylic acids is 1. The summed E-state index contributed by atoms with van der Waals surface area (Å²) in [7, 11) is 0. The van der Waals surface area contributed by atoms with Crippen LogP contribution in [0.5, 0.6) is 0 Å². The summed E-state index contributed by atoms with van der Waals surface area (Å²) in [5, 5.41) is 10.2. The maximum Gasteiger partial charge on any atom is 0.326 e. The number of carboxylic acids is 1. The van der Waals surface area contributed by atoms with Crippen LogP contribution in [-0.2, 0) is 4.79 Å². The first-order chi connectivity index (χ1) is 8.99. The molecule has 7 heteroatoms. The number of hydrogen-bond acceptors (Lipinski definition) is 5. The van der Waals surface area contributed by atoms with E-state index in [-0.39, 0.29) is 5.56 Å². The van der Waals surface area contributed by atoms with E-state index in [0.29, 0.717) is 21.8 Å². The lowest BCUT2D eigenvalue weighted by atomic mass is 10.2. The Kier molecular flexibility index (Phi) is 3.96. The first-order valence-electron chi connectivity index (χ1n) is 5.79. The standard InChI is InChI=1S/C12H14N2O3S2/c1-4-8(11(16)17)14-10(15)7-5-6(2)19-9(7)13-12(14)18-3/h5,8H,4H2,1-3H3,(H,16,17). The van der Waals surface area contributed by atoms with Crippen molar-refractivity contribution >= 4 is 39.3 Å². The molecule has 0 aliphatic heterocycles. The maximum atomic E-state index is 12.5. The van der Waals surface area contributed by atoms with Gasteiger partial charge in [-0.1, -0.05) is 18.7 Å². The summed E-state index contributed by atoms with van der Waals surface area (Å²) in [6, 6.07) is 0.900. The summed E-state index contributed by atoms with van der Waals surface area (Å²) >= 11 is 2.74. The number of aryl methyl sites for hydroxylation is 1. The third-order valence-corrected chi connectivity index (χ3v) is 4.45. The quantitative estimate of drug-likeness (QED) is 0.693. The second-order valence-electron chi connectivity index (χ2n) is 4.11. The van der Waals surface area contributed by atoms with Crippen LogP contribution in [0.3, 0.4) is 0 Å². The number of fused-ring (bicyclic) bond motifs is 1. The smallest absolute Gasteiger partial charge is 0.326 e. The number of aromatic nitrogens is 2. The molecule has 0 aromatic carbocycles. The fourth-order valence-electron chi connectivity index (χ4n) is 1.98. The molecule has 2 aromatic heterocycles. The number of thiophene rings is 1. The van der Waals surface area contributed by atoms with Crippen LogP contribution in [0, 0.1) is 6.92 Å². The van der Waals surface area contributed by atoms with Crippen LogP contribution in [0.1, 0.15) is 24.3 Å². The fourth-order valence-corrected chi connectivity index (χ4v) is 3.50. The highest BCUT2D eigenvalue weighted by Gasteiger charge is 2.24. The van der Waals surface area contributed by atoms with E-state index in [2.05, 4.69) is 4.98 Å². The topological polar surface area (TPSA) is 72.2 Å². The number of thioether (sulfide) groups is 1. The van der Waals surface area contributed by atoms with Crippen molar-refractivity contribution in [2.45, 2.75) is 31.5 Å². The van der Waals surface area contributed by atoms with E-state index < -0.39 is 12.0 Å². The van der Waals surface area contributed by atoms with Gasteiger partial charge in [0, 0.05) is 4.88 Å². The molecule has 5 nitrogen and oxygen atoms in total. The minimum atomic E-state index is -1.01. The zero-order valence-corrected chi connectivity index (χ0v) is 12.5. The third-order valence-electron chi connectivity index (χ3n) is 2.85. The van der Waals surface area contributed by atoms with Crippen molar-refractivity contribution in [2.75, 3.05) is 6.26 Å². The highest BCUT2D eigenvalue weighted by molar-refractivity contribution is 7.98. The van der Waals surface area contributed by atoms with Gasteiger partial charge in [-0.05, 0) is 25.7 Å². The highest BCUT2D eigenvalue weighted by atomic mass is 32.2. The number of carbonyl (C=O) groups is 1. The summed E-state index contributed by atoms with van der Waals surface area (Å²) in [4.78, 5) is 29.8. The van der Waals surface area contributed by atoms with Crippen molar-refractivity contribution in [3.63, 3.8) is 0 Å². The monoisotopic (exact) mass is 298 g/mol. The van der Waals surface area contributed by atoms with E-state index in [1.165, 1.54) is 27.7 Å². The van der Waals surface area contributed by atoms with E-state index in [1.807, 2.05) is 6.92 Å². The molecule has 0 saturated heterocycles. The van der Waals surface area contributed by atoms with Crippen molar-refractivity contribution in [2.24, 2.45) is 0 Å². The largest absolute Gasteiger partial charge is 0.480 e. The first kappa shape index (κ1) is 14.1. The minimum Gasteiger partial charge on any atom is -0.480 e. The predicted molar refractivity (Wildman–Crippen MR) is 77.4 cm³/mol. The average Bonchev–Trinajstić information content (AvgIpc) is 2.73. The van der Waals surface area contributed by atoms with Gasteiger partial charge in [0.1, 0.15) is 10.9 Å². The summed E-state index contributed by atoms with van der Waals surface area (Å²) in [6.07, 6.45) is 2.14. The van der Waals surface area contributed by atoms with E-state index in [0.717, 1.165) is 4.88 Å². The zero-order valence-electron chi connectivity index (χ0n) is 10.8. The molecule has 0 amide bonds.